The number of nitrogens with one attached hydrogen (secondary N) is 1. The van der Waals surface area contributed by atoms with Gasteiger partial charge in [-0.25, -0.2) is 9.97 Å². The van der Waals surface area contributed by atoms with E-state index >= 15 is 0 Å². The van der Waals surface area contributed by atoms with E-state index in [2.05, 4.69) is 35.2 Å². The lowest BCUT2D eigenvalue weighted by Gasteiger charge is -2.38. The van der Waals surface area contributed by atoms with E-state index < -0.39 is 0 Å². The summed E-state index contributed by atoms with van der Waals surface area (Å²) >= 11 is 0. The van der Waals surface area contributed by atoms with Crippen molar-refractivity contribution in [1.29, 1.82) is 0 Å². The summed E-state index contributed by atoms with van der Waals surface area (Å²) in [5.41, 5.74) is 8.34. The summed E-state index contributed by atoms with van der Waals surface area (Å²) in [5.74, 6) is 0.734. The van der Waals surface area contributed by atoms with E-state index in [-0.39, 0.29) is 5.54 Å². The lowest BCUT2D eigenvalue weighted by molar-refractivity contribution is 0.265. The Hall–Kier alpha value is -1.16. The molecule has 0 atom stereocenters. The number of rotatable bonds is 5. The maximum Gasteiger partial charge on any atom is 0.223 e. The molecule has 0 radical (unpaired) electrons. The Labute approximate surface area is 103 Å². The first-order valence-corrected chi connectivity index (χ1v) is 6.55. The van der Waals surface area contributed by atoms with Crippen LogP contribution in [0.5, 0.6) is 0 Å². The lowest BCUT2D eigenvalue weighted by atomic mass is 9.78. The summed E-state index contributed by atoms with van der Waals surface area (Å²) in [6, 6.07) is 2.08. The highest BCUT2D eigenvalue weighted by Gasteiger charge is 2.32. The molecule has 2 rings (SSSR count). The summed E-state index contributed by atoms with van der Waals surface area (Å²) in [7, 11) is 0. The molecule has 4 nitrogen and oxygen atoms in total. The molecule has 1 aliphatic rings. The minimum Gasteiger partial charge on any atom is -0.352 e. The van der Waals surface area contributed by atoms with E-state index in [1.165, 1.54) is 6.42 Å². The Morgan fingerprint density at radius 1 is 1.24 bits per heavy atom. The normalized spacial score (nSPS) is 17.6. The molecule has 0 unspecified atom stereocenters. The monoisotopic (exact) mass is 234 g/mol. The summed E-state index contributed by atoms with van der Waals surface area (Å²) in [6.45, 7) is 5.01. The molecule has 3 N–H and O–H groups in total. The molecule has 0 aliphatic heterocycles. The van der Waals surface area contributed by atoms with Gasteiger partial charge >= 0.3 is 0 Å². The van der Waals surface area contributed by atoms with Crippen molar-refractivity contribution in [3.8, 4) is 0 Å². The third kappa shape index (κ3) is 2.94. The van der Waals surface area contributed by atoms with Crippen molar-refractivity contribution in [2.75, 3.05) is 11.9 Å². The van der Waals surface area contributed by atoms with Crippen LogP contribution in [0.3, 0.4) is 0 Å². The van der Waals surface area contributed by atoms with Gasteiger partial charge in [0, 0.05) is 23.5 Å². The number of anilines is 1. The van der Waals surface area contributed by atoms with E-state index in [9.17, 15) is 0 Å². The number of nitrogens with zero attached hydrogens (tertiary/aromatic N) is 2. The van der Waals surface area contributed by atoms with Crippen molar-refractivity contribution in [3.05, 3.63) is 17.5 Å². The van der Waals surface area contributed by atoms with Gasteiger partial charge in [-0.3, -0.25) is 0 Å². The van der Waals surface area contributed by atoms with E-state index in [0.29, 0.717) is 0 Å². The van der Waals surface area contributed by atoms with E-state index in [1.54, 1.807) is 0 Å². The Bertz CT molecular complexity index is 363. The topological polar surface area (TPSA) is 63.8 Å². The molecule has 1 aromatic heterocycles. The second kappa shape index (κ2) is 5.00. The molecular weight excluding hydrogens is 212 g/mol. The fourth-order valence-corrected chi connectivity index (χ4v) is 2.06. The molecule has 0 aromatic carbocycles. The van der Waals surface area contributed by atoms with Crippen molar-refractivity contribution in [2.45, 2.75) is 51.5 Å². The van der Waals surface area contributed by atoms with Gasteiger partial charge in [-0.05, 0) is 38.2 Å². The highest BCUT2D eigenvalue weighted by molar-refractivity contribution is 5.29. The van der Waals surface area contributed by atoms with Gasteiger partial charge in [0.1, 0.15) is 0 Å². The van der Waals surface area contributed by atoms with Crippen LogP contribution in [0.1, 0.15) is 44.5 Å². The zero-order valence-corrected chi connectivity index (χ0v) is 10.8. The van der Waals surface area contributed by atoms with Crippen LogP contribution in [-0.2, 0) is 12.8 Å². The SMILES string of the molecule is CCc1cc(CC)nc(NCC2(N)CCC2)n1. The van der Waals surface area contributed by atoms with Gasteiger partial charge in [0.05, 0.1) is 0 Å². The van der Waals surface area contributed by atoms with Gasteiger partial charge < -0.3 is 11.1 Å². The minimum absolute atomic E-state index is 0.0298. The van der Waals surface area contributed by atoms with Crippen LogP contribution in [0.2, 0.25) is 0 Å². The summed E-state index contributed by atoms with van der Waals surface area (Å²) < 4.78 is 0. The minimum atomic E-state index is -0.0298. The van der Waals surface area contributed by atoms with E-state index in [4.69, 9.17) is 5.73 Å². The van der Waals surface area contributed by atoms with Crippen LogP contribution < -0.4 is 11.1 Å². The molecule has 1 fully saturated rings. The summed E-state index contributed by atoms with van der Waals surface area (Å²) in [5, 5.41) is 3.29. The van der Waals surface area contributed by atoms with Crippen molar-refractivity contribution < 1.29 is 0 Å². The molecule has 1 aromatic rings. The zero-order valence-electron chi connectivity index (χ0n) is 10.8. The number of hydrogen-bond donors (Lipinski definition) is 2. The molecule has 0 spiro atoms. The number of hydrogen-bond acceptors (Lipinski definition) is 4. The second-order valence-electron chi connectivity index (χ2n) is 4.95. The second-order valence-corrected chi connectivity index (χ2v) is 4.95. The van der Waals surface area contributed by atoms with Crippen molar-refractivity contribution in [2.24, 2.45) is 5.73 Å². The van der Waals surface area contributed by atoms with Crippen molar-refractivity contribution in [1.82, 2.24) is 9.97 Å². The zero-order chi connectivity index (χ0) is 12.3. The van der Waals surface area contributed by atoms with Crippen LogP contribution >= 0.6 is 0 Å². The van der Waals surface area contributed by atoms with Crippen LogP contribution in [-0.4, -0.2) is 22.1 Å². The lowest BCUT2D eigenvalue weighted by Crippen LogP contribution is -2.52. The third-order valence-electron chi connectivity index (χ3n) is 3.50. The summed E-state index contributed by atoms with van der Waals surface area (Å²) in [4.78, 5) is 8.97. The first kappa shape index (κ1) is 12.3. The predicted octanol–water partition coefficient (Wildman–Crippen LogP) is 1.89. The van der Waals surface area contributed by atoms with Crippen LogP contribution in [0.25, 0.3) is 0 Å². The largest absolute Gasteiger partial charge is 0.352 e. The number of aromatic nitrogens is 2. The number of nitrogens with two attached hydrogens (primary N) is 1. The van der Waals surface area contributed by atoms with Crippen molar-refractivity contribution in [3.63, 3.8) is 0 Å². The average Bonchev–Trinajstić information content (AvgIpc) is 2.33. The highest BCUT2D eigenvalue weighted by Crippen LogP contribution is 2.28. The Morgan fingerprint density at radius 3 is 2.24 bits per heavy atom. The van der Waals surface area contributed by atoms with E-state index in [0.717, 1.165) is 49.6 Å². The maximum absolute atomic E-state index is 6.17. The van der Waals surface area contributed by atoms with Gasteiger partial charge in [-0.1, -0.05) is 13.8 Å². The smallest absolute Gasteiger partial charge is 0.223 e. The van der Waals surface area contributed by atoms with Crippen LogP contribution in [0.4, 0.5) is 5.95 Å². The molecule has 1 heterocycles. The first-order chi connectivity index (χ1) is 8.15. The van der Waals surface area contributed by atoms with Crippen LogP contribution in [0, 0.1) is 0 Å². The molecule has 17 heavy (non-hydrogen) atoms. The van der Waals surface area contributed by atoms with Crippen LogP contribution in [0.15, 0.2) is 6.07 Å². The Morgan fingerprint density at radius 2 is 1.82 bits per heavy atom. The first-order valence-electron chi connectivity index (χ1n) is 6.55. The molecule has 1 aliphatic carbocycles. The molecule has 0 bridgehead atoms. The molecule has 0 saturated heterocycles. The molecule has 94 valence electrons. The quantitative estimate of drug-likeness (QED) is 0.816. The maximum atomic E-state index is 6.17. The predicted molar refractivity (Wildman–Crippen MR) is 70.0 cm³/mol. The molecule has 4 heteroatoms. The Balaban J connectivity index is 2.03. The summed E-state index contributed by atoms with van der Waals surface area (Å²) in [6.07, 6.45) is 5.34. The van der Waals surface area contributed by atoms with Crippen molar-refractivity contribution >= 4 is 5.95 Å². The number of aryl methyl sites for hydroxylation is 2. The van der Waals surface area contributed by atoms with Gasteiger partial charge in [0.2, 0.25) is 5.95 Å². The highest BCUT2D eigenvalue weighted by atomic mass is 15.1. The molecule has 1 saturated carbocycles. The fraction of sp³-hybridized carbons (Fsp3) is 0.692. The fourth-order valence-electron chi connectivity index (χ4n) is 2.06. The van der Waals surface area contributed by atoms with Gasteiger partial charge in [0.25, 0.3) is 0 Å². The van der Waals surface area contributed by atoms with Gasteiger partial charge in [0.15, 0.2) is 0 Å². The average molecular weight is 234 g/mol. The molecule has 0 amide bonds. The Kier molecular flexibility index (Phi) is 3.62. The van der Waals surface area contributed by atoms with Gasteiger partial charge in [-0.2, -0.15) is 0 Å². The standard InChI is InChI=1S/C13H22N4/c1-3-10-8-11(4-2)17-12(16-10)15-9-13(14)6-5-7-13/h8H,3-7,9,14H2,1-2H3,(H,15,16,17). The molecular formula is C13H22N4. The third-order valence-corrected chi connectivity index (χ3v) is 3.50. The van der Waals surface area contributed by atoms with E-state index in [1.807, 2.05) is 0 Å². The van der Waals surface area contributed by atoms with Gasteiger partial charge in [-0.15, -0.1) is 0 Å².